The van der Waals surface area contributed by atoms with Crippen LogP contribution >= 0.6 is 0 Å². The number of anilines is 2. The Kier molecular flexibility index (Phi) is 6.34. The predicted molar refractivity (Wildman–Crippen MR) is 106 cm³/mol. The zero-order valence-corrected chi connectivity index (χ0v) is 16.2. The summed E-state index contributed by atoms with van der Waals surface area (Å²) in [6.45, 7) is 0.885. The fourth-order valence-corrected chi connectivity index (χ4v) is 4.00. The highest BCUT2D eigenvalue weighted by molar-refractivity contribution is 5.94. The van der Waals surface area contributed by atoms with Gasteiger partial charge in [-0.15, -0.1) is 0 Å². The van der Waals surface area contributed by atoms with Crippen LogP contribution in [0.2, 0.25) is 0 Å². The van der Waals surface area contributed by atoms with Crippen molar-refractivity contribution in [2.24, 2.45) is 0 Å². The molecule has 0 aromatic heterocycles. The summed E-state index contributed by atoms with van der Waals surface area (Å²) in [5, 5.41) is 8.69. The lowest BCUT2D eigenvalue weighted by Crippen LogP contribution is -2.39. The summed E-state index contributed by atoms with van der Waals surface area (Å²) in [7, 11) is 3.68. The van der Waals surface area contributed by atoms with Crippen LogP contribution in [-0.2, 0) is 9.53 Å². The first-order valence-corrected chi connectivity index (χ1v) is 9.70. The van der Waals surface area contributed by atoms with Crippen LogP contribution in [0.3, 0.4) is 0 Å². The van der Waals surface area contributed by atoms with E-state index in [0.717, 1.165) is 19.3 Å². The van der Waals surface area contributed by atoms with Crippen LogP contribution in [0.1, 0.15) is 38.5 Å². The number of nitrogens with one attached hydrogen (secondary N) is 3. The molecule has 7 heteroatoms. The van der Waals surface area contributed by atoms with Gasteiger partial charge < -0.3 is 25.6 Å². The van der Waals surface area contributed by atoms with Gasteiger partial charge in [-0.2, -0.15) is 0 Å². The maximum absolute atomic E-state index is 12.3. The lowest BCUT2D eigenvalue weighted by molar-refractivity contribution is -0.116. The van der Waals surface area contributed by atoms with Crippen molar-refractivity contribution >= 4 is 23.3 Å². The van der Waals surface area contributed by atoms with Crippen LogP contribution < -0.4 is 16.0 Å². The number of benzene rings is 1. The Labute approximate surface area is 160 Å². The number of carbonyl (C=O) groups excluding carboxylic acids is 2. The second kappa shape index (κ2) is 8.71. The summed E-state index contributed by atoms with van der Waals surface area (Å²) in [6.07, 6.45) is 6.80. The van der Waals surface area contributed by atoms with E-state index in [2.05, 4.69) is 16.0 Å². The maximum Gasteiger partial charge on any atom is 0.319 e. The molecule has 0 bridgehead atoms. The smallest absolute Gasteiger partial charge is 0.319 e. The fraction of sp³-hybridized carbons (Fsp3) is 0.600. The Morgan fingerprint density at radius 2 is 1.85 bits per heavy atom. The van der Waals surface area contributed by atoms with E-state index in [1.165, 1.54) is 19.3 Å². The van der Waals surface area contributed by atoms with Crippen molar-refractivity contribution in [3.63, 3.8) is 0 Å². The third-order valence-corrected chi connectivity index (χ3v) is 5.17. The quantitative estimate of drug-likeness (QED) is 0.740. The van der Waals surface area contributed by atoms with Gasteiger partial charge in [0.15, 0.2) is 0 Å². The third-order valence-electron chi connectivity index (χ3n) is 5.17. The summed E-state index contributed by atoms with van der Waals surface area (Å²) in [5.41, 5.74) is 1.28. The number of hydrogen-bond donors (Lipinski definition) is 3. The molecule has 0 radical (unpaired) electrons. The third kappa shape index (κ3) is 5.68. The van der Waals surface area contributed by atoms with E-state index in [1.54, 1.807) is 29.2 Å². The first-order chi connectivity index (χ1) is 12.9. The van der Waals surface area contributed by atoms with Crippen molar-refractivity contribution in [1.29, 1.82) is 0 Å². The molecule has 1 saturated carbocycles. The molecule has 148 valence electrons. The van der Waals surface area contributed by atoms with Crippen molar-refractivity contribution in [1.82, 2.24) is 10.2 Å². The molecule has 1 aromatic rings. The molecule has 1 atom stereocenters. The minimum absolute atomic E-state index is 0.0210. The molecule has 1 saturated heterocycles. The monoisotopic (exact) mass is 374 g/mol. The molecule has 3 amide bonds. The molecular weight excluding hydrogens is 344 g/mol. The molecule has 3 rings (SSSR count). The molecule has 0 unspecified atom stereocenters. The van der Waals surface area contributed by atoms with Crippen molar-refractivity contribution < 1.29 is 14.3 Å². The van der Waals surface area contributed by atoms with Crippen molar-refractivity contribution in [3.05, 3.63) is 24.3 Å². The molecule has 1 heterocycles. The lowest BCUT2D eigenvalue weighted by atomic mass is 9.82. The Morgan fingerprint density at radius 3 is 2.56 bits per heavy atom. The molecule has 3 N–H and O–H groups in total. The van der Waals surface area contributed by atoms with Gasteiger partial charge >= 0.3 is 6.03 Å². The second-order valence-electron chi connectivity index (χ2n) is 7.92. The molecule has 1 spiro atoms. The molecule has 27 heavy (non-hydrogen) atoms. The zero-order valence-electron chi connectivity index (χ0n) is 16.2. The molecular formula is C20H30N4O3. The summed E-state index contributed by atoms with van der Waals surface area (Å²) < 4.78 is 6.05. The summed E-state index contributed by atoms with van der Waals surface area (Å²) in [4.78, 5) is 26.0. The van der Waals surface area contributed by atoms with Crippen molar-refractivity contribution in [2.75, 3.05) is 37.9 Å². The van der Waals surface area contributed by atoms with Crippen LogP contribution in [0.25, 0.3) is 0 Å². The minimum atomic E-state index is -0.242. The molecule has 7 nitrogen and oxygen atoms in total. The standard InChI is InChI=1S/C20H30N4O3/c1-24(2)13-18(25)21-15-7-6-8-16(11-15)22-19(26)23-17-12-20(27-14-17)9-4-3-5-10-20/h6-8,11,17H,3-5,9-10,12-14H2,1-2H3,(H,21,25)(H2,22,23,26)/t17-/m1/s1. The second-order valence-corrected chi connectivity index (χ2v) is 7.92. The van der Waals surface area contributed by atoms with Crippen LogP contribution in [0.5, 0.6) is 0 Å². The number of hydrogen-bond acceptors (Lipinski definition) is 4. The minimum Gasteiger partial charge on any atom is -0.373 e. The van der Waals surface area contributed by atoms with Gasteiger partial charge in [0, 0.05) is 11.4 Å². The first kappa shape index (κ1) is 19.6. The van der Waals surface area contributed by atoms with Crippen LogP contribution in [-0.4, -0.2) is 55.7 Å². The average molecular weight is 374 g/mol. The average Bonchev–Trinajstić information content (AvgIpc) is 2.96. The topological polar surface area (TPSA) is 82.7 Å². The van der Waals surface area contributed by atoms with Gasteiger partial charge in [-0.1, -0.05) is 25.3 Å². The van der Waals surface area contributed by atoms with Gasteiger partial charge in [-0.05, 0) is 51.6 Å². The highest BCUT2D eigenvalue weighted by Gasteiger charge is 2.41. The highest BCUT2D eigenvalue weighted by Crippen LogP contribution is 2.39. The number of rotatable bonds is 5. The zero-order chi connectivity index (χ0) is 19.3. The Hall–Kier alpha value is -2.12. The predicted octanol–water partition coefficient (Wildman–Crippen LogP) is 2.80. The van der Waals surface area contributed by atoms with E-state index >= 15 is 0 Å². The van der Waals surface area contributed by atoms with Gasteiger partial charge in [-0.25, -0.2) is 4.79 Å². The van der Waals surface area contributed by atoms with Gasteiger partial charge in [0.2, 0.25) is 5.91 Å². The van der Waals surface area contributed by atoms with Crippen molar-refractivity contribution in [2.45, 2.75) is 50.2 Å². The Morgan fingerprint density at radius 1 is 1.15 bits per heavy atom. The van der Waals surface area contributed by atoms with E-state index in [1.807, 2.05) is 14.1 Å². The van der Waals surface area contributed by atoms with Crippen LogP contribution in [0, 0.1) is 0 Å². The van der Waals surface area contributed by atoms with Gasteiger partial charge in [-0.3, -0.25) is 4.79 Å². The SMILES string of the molecule is CN(C)CC(=O)Nc1cccc(NC(=O)N[C@H]2COC3(CCCCC3)C2)c1. The number of urea groups is 1. The normalized spacial score (nSPS) is 21.2. The molecule has 2 fully saturated rings. The molecule has 1 aliphatic carbocycles. The van der Waals surface area contributed by atoms with Gasteiger partial charge in [0.05, 0.1) is 24.8 Å². The molecule has 2 aliphatic rings. The van der Waals surface area contributed by atoms with E-state index in [0.29, 0.717) is 24.5 Å². The highest BCUT2D eigenvalue weighted by atomic mass is 16.5. The number of likely N-dealkylation sites (N-methyl/N-ethyl adjacent to an activating group) is 1. The maximum atomic E-state index is 12.3. The number of amides is 3. The van der Waals surface area contributed by atoms with E-state index in [-0.39, 0.29) is 23.6 Å². The summed E-state index contributed by atoms with van der Waals surface area (Å²) in [5.74, 6) is -0.0949. The van der Waals surface area contributed by atoms with E-state index in [9.17, 15) is 9.59 Å². The van der Waals surface area contributed by atoms with Crippen molar-refractivity contribution in [3.8, 4) is 0 Å². The summed E-state index contributed by atoms with van der Waals surface area (Å²) >= 11 is 0. The lowest BCUT2D eigenvalue weighted by Gasteiger charge is -2.32. The Balaban J connectivity index is 1.49. The van der Waals surface area contributed by atoms with Gasteiger partial charge in [0.1, 0.15) is 0 Å². The first-order valence-electron chi connectivity index (χ1n) is 9.70. The molecule has 1 aliphatic heterocycles. The largest absolute Gasteiger partial charge is 0.373 e. The van der Waals surface area contributed by atoms with Crippen LogP contribution in [0.4, 0.5) is 16.2 Å². The van der Waals surface area contributed by atoms with E-state index < -0.39 is 0 Å². The van der Waals surface area contributed by atoms with E-state index in [4.69, 9.17) is 4.74 Å². The van der Waals surface area contributed by atoms with Crippen LogP contribution in [0.15, 0.2) is 24.3 Å². The Bertz CT molecular complexity index is 671. The fourth-order valence-electron chi connectivity index (χ4n) is 4.00. The van der Waals surface area contributed by atoms with Gasteiger partial charge in [0.25, 0.3) is 0 Å². The number of ether oxygens (including phenoxy) is 1. The number of nitrogens with zero attached hydrogens (tertiary/aromatic N) is 1. The number of carbonyl (C=O) groups is 2. The summed E-state index contributed by atoms with van der Waals surface area (Å²) in [6, 6.07) is 6.96. The molecule has 1 aromatic carbocycles.